The number of nitro benzene ring substituents is 1. The lowest BCUT2D eigenvalue weighted by Gasteiger charge is -2.08. The molecule has 3 aromatic rings. The molecule has 0 bridgehead atoms. The molecule has 3 rings (SSSR count). The maximum absolute atomic E-state index is 10.7. The molecule has 0 fully saturated rings. The number of hydrogen-bond acceptors (Lipinski definition) is 7. The second-order valence-corrected chi connectivity index (χ2v) is 5.18. The number of hydrogen-bond donors (Lipinski definition) is 1. The normalized spacial score (nSPS) is 10.6. The number of aromatic nitrogens is 5. The van der Waals surface area contributed by atoms with Crippen LogP contribution in [0.2, 0.25) is 0 Å². The summed E-state index contributed by atoms with van der Waals surface area (Å²) in [5.74, 6) is 1.94. The molecule has 0 atom stereocenters. The number of nitrogens with one attached hydrogen (secondary N) is 1. The number of nitro groups is 1. The second kappa shape index (κ2) is 6.41. The molecule has 2 aromatic heterocycles. The van der Waals surface area contributed by atoms with E-state index in [0.717, 1.165) is 11.5 Å². The molecular weight excluding hydrogens is 310 g/mol. The van der Waals surface area contributed by atoms with Gasteiger partial charge in [0.25, 0.3) is 5.69 Å². The van der Waals surface area contributed by atoms with Crippen LogP contribution in [0.25, 0.3) is 11.4 Å². The number of nitrogens with zero attached hydrogens (tertiary/aromatic N) is 6. The number of non-ortho nitro benzene ring substituents is 1. The van der Waals surface area contributed by atoms with Crippen LogP contribution in [0, 0.1) is 17.0 Å². The zero-order valence-electron chi connectivity index (χ0n) is 13.2. The van der Waals surface area contributed by atoms with E-state index in [-0.39, 0.29) is 5.69 Å². The van der Waals surface area contributed by atoms with Crippen LogP contribution in [0.15, 0.2) is 36.7 Å². The first kappa shape index (κ1) is 15.5. The zero-order chi connectivity index (χ0) is 17.1. The SMILES string of the molecule is Cc1cc(NCc2ncnn2C)nc(-c2ccc([N+](=O)[O-])cc2)n1. The summed E-state index contributed by atoms with van der Waals surface area (Å²) >= 11 is 0. The molecule has 0 aliphatic heterocycles. The minimum absolute atomic E-state index is 0.0343. The molecule has 0 saturated heterocycles. The minimum Gasteiger partial charge on any atom is -0.363 e. The first-order valence-corrected chi connectivity index (χ1v) is 7.20. The Morgan fingerprint density at radius 2 is 2.00 bits per heavy atom. The van der Waals surface area contributed by atoms with E-state index < -0.39 is 4.92 Å². The lowest BCUT2D eigenvalue weighted by molar-refractivity contribution is -0.384. The first-order valence-electron chi connectivity index (χ1n) is 7.20. The second-order valence-electron chi connectivity index (χ2n) is 5.18. The van der Waals surface area contributed by atoms with E-state index in [1.807, 2.05) is 20.0 Å². The highest BCUT2D eigenvalue weighted by Gasteiger charge is 2.09. The van der Waals surface area contributed by atoms with Crippen LogP contribution in [0.4, 0.5) is 11.5 Å². The molecule has 0 aliphatic carbocycles. The Morgan fingerprint density at radius 1 is 1.25 bits per heavy atom. The smallest absolute Gasteiger partial charge is 0.269 e. The van der Waals surface area contributed by atoms with Gasteiger partial charge in [-0.2, -0.15) is 5.10 Å². The van der Waals surface area contributed by atoms with Gasteiger partial charge in [-0.3, -0.25) is 14.8 Å². The fourth-order valence-electron chi connectivity index (χ4n) is 2.17. The van der Waals surface area contributed by atoms with Crippen molar-refractivity contribution in [3.63, 3.8) is 0 Å². The van der Waals surface area contributed by atoms with Gasteiger partial charge in [0.15, 0.2) is 5.82 Å². The van der Waals surface area contributed by atoms with Crippen molar-refractivity contribution in [1.29, 1.82) is 0 Å². The van der Waals surface area contributed by atoms with Gasteiger partial charge in [-0.05, 0) is 19.1 Å². The molecule has 1 aromatic carbocycles. The van der Waals surface area contributed by atoms with Gasteiger partial charge in [0.2, 0.25) is 0 Å². The molecule has 1 N–H and O–H groups in total. The third-order valence-corrected chi connectivity index (χ3v) is 3.42. The highest BCUT2D eigenvalue weighted by molar-refractivity contribution is 5.59. The van der Waals surface area contributed by atoms with Crippen molar-refractivity contribution in [2.24, 2.45) is 7.05 Å². The van der Waals surface area contributed by atoms with E-state index >= 15 is 0 Å². The van der Waals surface area contributed by atoms with Crippen molar-refractivity contribution >= 4 is 11.5 Å². The molecular formula is C15H15N7O2. The van der Waals surface area contributed by atoms with Crippen LogP contribution in [0.5, 0.6) is 0 Å². The molecule has 0 saturated carbocycles. The monoisotopic (exact) mass is 325 g/mol. The highest BCUT2D eigenvalue weighted by Crippen LogP contribution is 2.21. The molecule has 9 heteroatoms. The summed E-state index contributed by atoms with van der Waals surface area (Å²) in [6.07, 6.45) is 1.49. The molecule has 0 unspecified atom stereocenters. The maximum Gasteiger partial charge on any atom is 0.269 e. The predicted octanol–water partition coefficient (Wildman–Crippen LogP) is 2.10. The number of rotatable bonds is 5. The van der Waals surface area contributed by atoms with Gasteiger partial charge in [-0.1, -0.05) is 0 Å². The molecule has 0 aliphatic rings. The topological polar surface area (TPSA) is 112 Å². The Labute approximate surface area is 137 Å². The van der Waals surface area contributed by atoms with Crippen LogP contribution >= 0.6 is 0 Å². The van der Waals surface area contributed by atoms with Gasteiger partial charge in [0.05, 0.1) is 11.5 Å². The average molecular weight is 325 g/mol. The number of anilines is 1. The van der Waals surface area contributed by atoms with E-state index in [4.69, 9.17) is 0 Å². The Kier molecular flexibility index (Phi) is 4.15. The molecule has 0 amide bonds. The average Bonchev–Trinajstić information content (AvgIpc) is 2.97. The summed E-state index contributed by atoms with van der Waals surface area (Å²) < 4.78 is 1.68. The fraction of sp³-hybridized carbons (Fsp3) is 0.200. The zero-order valence-corrected chi connectivity index (χ0v) is 13.2. The van der Waals surface area contributed by atoms with Crippen LogP contribution in [-0.4, -0.2) is 29.7 Å². The largest absolute Gasteiger partial charge is 0.363 e. The molecule has 122 valence electrons. The summed E-state index contributed by atoms with van der Waals surface area (Å²) in [4.78, 5) is 23.3. The van der Waals surface area contributed by atoms with Gasteiger partial charge >= 0.3 is 0 Å². The van der Waals surface area contributed by atoms with E-state index in [1.165, 1.54) is 18.5 Å². The van der Waals surface area contributed by atoms with Crippen molar-refractivity contribution < 1.29 is 4.92 Å². The van der Waals surface area contributed by atoms with Crippen molar-refractivity contribution in [3.8, 4) is 11.4 Å². The van der Waals surface area contributed by atoms with E-state index in [1.54, 1.807) is 16.8 Å². The number of aryl methyl sites for hydroxylation is 2. The predicted molar refractivity (Wildman–Crippen MR) is 87.2 cm³/mol. The van der Waals surface area contributed by atoms with Gasteiger partial charge in [0, 0.05) is 36.5 Å². The maximum atomic E-state index is 10.7. The fourth-order valence-corrected chi connectivity index (χ4v) is 2.17. The molecule has 9 nitrogen and oxygen atoms in total. The summed E-state index contributed by atoms with van der Waals surface area (Å²) in [7, 11) is 1.82. The van der Waals surface area contributed by atoms with Gasteiger partial charge in [-0.25, -0.2) is 15.0 Å². The standard InChI is InChI=1S/C15H15N7O2/c1-10-7-13(16-8-14-17-9-18-21(14)2)20-15(19-10)11-3-5-12(6-4-11)22(23)24/h3-7,9H,8H2,1-2H3,(H,16,19,20). The van der Waals surface area contributed by atoms with E-state index in [2.05, 4.69) is 25.4 Å². The third kappa shape index (κ3) is 3.35. The van der Waals surface area contributed by atoms with E-state index in [9.17, 15) is 10.1 Å². The molecule has 0 radical (unpaired) electrons. The van der Waals surface area contributed by atoms with Crippen molar-refractivity contribution in [1.82, 2.24) is 24.7 Å². The number of benzene rings is 1. The lowest BCUT2D eigenvalue weighted by Crippen LogP contribution is -2.08. The third-order valence-electron chi connectivity index (χ3n) is 3.42. The summed E-state index contributed by atoms with van der Waals surface area (Å²) in [6.45, 7) is 2.34. The van der Waals surface area contributed by atoms with Crippen LogP contribution in [0.1, 0.15) is 11.5 Å². The van der Waals surface area contributed by atoms with Gasteiger partial charge < -0.3 is 5.32 Å². The Morgan fingerprint density at radius 3 is 2.62 bits per heavy atom. The Hall–Kier alpha value is -3.36. The van der Waals surface area contributed by atoms with Gasteiger partial charge in [-0.15, -0.1) is 0 Å². The molecule has 2 heterocycles. The summed E-state index contributed by atoms with van der Waals surface area (Å²) in [6, 6.07) is 7.98. The van der Waals surface area contributed by atoms with Crippen LogP contribution in [0.3, 0.4) is 0 Å². The van der Waals surface area contributed by atoms with Crippen molar-refractivity contribution in [2.45, 2.75) is 13.5 Å². The Bertz CT molecular complexity index is 874. The summed E-state index contributed by atoms with van der Waals surface area (Å²) in [5.41, 5.74) is 1.54. The minimum atomic E-state index is -0.436. The van der Waals surface area contributed by atoms with Crippen molar-refractivity contribution in [3.05, 3.63) is 58.3 Å². The quantitative estimate of drug-likeness (QED) is 0.564. The van der Waals surface area contributed by atoms with E-state index in [0.29, 0.717) is 23.8 Å². The first-order chi connectivity index (χ1) is 11.5. The molecule has 0 spiro atoms. The summed E-state index contributed by atoms with van der Waals surface area (Å²) in [5, 5.41) is 17.9. The van der Waals surface area contributed by atoms with Crippen molar-refractivity contribution in [2.75, 3.05) is 5.32 Å². The highest BCUT2D eigenvalue weighted by atomic mass is 16.6. The Balaban J connectivity index is 1.83. The lowest BCUT2D eigenvalue weighted by atomic mass is 10.2. The van der Waals surface area contributed by atoms with Crippen LogP contribution in [-0.2, 0) is 13.6 Å². The van der Waals surface area contributed by atoms with Crippen LogP contribution < -0.4 is 5.32 Å². The molecule has 24 heavy (non-hydrogen) atoms. The van der Waals surface area contributed by atoms with Gasteiger partial charge in [0.1, 0.15) is 18.0 Å².